The van der Waals surface area contributed by atoms with Gasteiger partial charge in [-0.1, -0.05) is 12.8 Å². The predicted molar refractivity (Wildman–Crippen MR) is 155 cm³/mol. The standard InChI is InChI=1S/C30H47N3O7/c1-29(2,3)39-27(36)31-17-11-8-7-10-14-22-23-20-21(15-16-24(23)33-25(22)26(34)35)38-19-13-9-12-18-32-28(37)40-30(4,5)6/h15-16,20,33H,7-14,17-19H2,1-6H3,(H,31,36)(H,32,37)(H,34,35). The van der Waals surface area contributed by atoms with Crippen LogP contribution in [0, 0.1) is 0 Å². The maximum Gasteiger partial charge on any atom is 0.407 e. The SMILES string of the molecule is CC(C)(C)OC(=O)NCCCCCCc1c(C(=O)O)[nH]c2ccc(OCCCCCNC(=O)OC(C)(C)C)cc12. The molecule has 0 aliphatic rings. The summed E-state index contributed by atoms with van der Waals surface area (Å²) >= 11 is 0. The Labute approximate surface area is 237 Å². The van der Waals surface area contributed by atoms with Gasteiger partial charge in [0.05, 0.1) is 6.61 Å². The molecule has 4 N–H and O–H groups in total. The molecule has 224 valence electrons. The minimum absolute atomic E-state index is 0.219. The van der Waals surface area contributed by atoms with E-state index in [-0.39, 0.29) is 5.69 Å². The van der Waals surface area contributed by atoms with E-state index >= 15 is 0 Å². The van der Waals surface area contributed by atoms with Gasteiger partial charge in [-0.3, -0.25) is 0 Å². The number of aromatic nitrogens is 1. The van der Waals surface area contributed by atoms with Crippen LogP contribution in [0.5, 0.6) is 5.75 Å². The number of carbonyl (C=O) groups is 3. The number of unbranched alkanes of at least 4 members (excludes halogenated alkanes) is 5. The van der Waals surface area contributed by atoms with Crippen LogP contribution in [-0.2, 0) is 15.9 Å². The van der Waals surface area contributed by atoms with Crippen LogP contribution in [0.25, 0.3) is 10.9 Å². The molecular formula is C30H47N3O7. The summed E-state index contributed by atoms with van der Waals surface area (Å²) in [6.07, 6.45) is 5.86. The number of aromatic amines is 1. The second kappa shape index (κ2) is 15.4. The van der Waals surface area contributed by atoms with Gasteiger partial charge in [-0.25, -0.2) is 14.4 Å². The first-order valence-electron chi connectivity index (χ1n) is 14.2. The Hall–Kier alpha value is -3.43. The first-order chi connectivity index (χ1) is 18.7. The number of alkyl carbamates (subject to hydrolysis) is 2. The molecule has 0 saturated heterocycles. The van der Waals surface area contributed by atoms with E-state index in [0.717, 1.165) is 61.4 Å². The average Bonchev–Trinajstić information content (AvgIpc) is 3.18. The third kappa shape index (κ3) is 12.6. The van der Waals surface area contributed by atoms with Crippen molar-refractivity contribution in [3.8, 4) is 5.75 Å². The van der Waals surface area contributed by atoms with Gasteiger partial charge in [0.25, 0.3) is 0 Å². The molecule has 10 heteroatoms. The van der Waals surface area contributed by atoms with E-state index in [1.54, 1.807) is 0 Å². The number of aryl methyl sites for hydroxylation is 1. The van der Waals surface area contributed by atoms with Crippen molar-refractivity contribution >= 4 is 29.1 Å². The molecule has 1 heterocycles. The van der Waals surface area contributed by atoms with Crippen LogP contribution in [0.15, 0.2) is 18.2 Å². The molecule has 2 amide bonds. The van der Waals surface area contributed by atoms with Gasteiger partial charge in [-0.15, -0.1) is 0 Å². The van der Waals surface area contributed by atoms with Crippen molar-refractivity contribution in [3.05, 3.63) is 29.5 Å². The van der Waals surface area contributed by atoms with E-state index in [1.807, 2.05) is 59.7 Å². The first-order valence-corrected chi connectivity index (χ1v) is 14.2. The highest BCUT2D eigenvalue weighted by Crippen LogP contribution is 2.28. The minimum Gasteiger partial charge on any atom is -0.494 e. The lowest BCUT2D eigenvalue weighted by Crippen LogP contribution is -2.33. The molecule has 0 aliphatic heterocycles. The highest BCUT2D eigenvalue weighted by Gasteiger charge is 2.18. The largest absolute Gasteiger partial charge is 0.494 e. The van der Waals surface area contributed by atoms with Crippen molar-refractivity contribution in [2.45, 2.75) is 104 Å². The molecule has 2 aromatic rings. The summed E-state index contributed by atoms with van der Waals surface area (Å²) < 4.78 is 16.4. The zero-order valence-corrected chi connectivity index (χ0v) is 24.9. The zero-order chi connectivity index (χ0) is 29.8. The molecule has 1 aromatic carbocycles. The number of aromatic carboxylic acids is 1. The summed E-state index contributed by atoms with van der Waals surface area (Å²) in [5.74, 6) is -0.278. The molecular weight excluding hydrogens is 514 g/mol. The summed E-state index contributed by atoms with van der Waals surface area (Å²) in [5.41, 5.74) is 0.753. The number of carbonyl (C=O) groups excluding carboxylic acids is 2. The molecule has 1 aromatic heterocycles. The number of amides is 2. The van der Waals surface area contributed by atoms with Crippen LogP contribution in [0.4, 0.5) is 9.59 Å². The molecule has 2 rings (SSSR count). The van der Waals surface area contributed by atoms with Gasteiger partial charge in [0.15, 0.2) is 0 Å². The number of rotatable bonds is 15. The van der Waals surface area contributed by atoms with E-state index in [0.29, 0.717) is 31.9 Å². The molecule has 0 bridgehead atoms. The number of nitrogens with one attached hydrogen (secondary N) is 3. The van der Waals surface area contributed by atoms with E-state index in [2.05, 4.69) is 15.6 Å². The normalized spacial score (nSPS) is 11.8. The molecule has 0 unspecified atom stereocenters. The van der Waals surface area contributed by atoms with Gasteiger partial charge in [0.1, 0.15) is 22.6 Å². The van der Waals surface area contributed by atoms with Crippen molar-refractivity contribution in [3.63, 3.8) is 0 Å². The predicted octanol–water partition coefficient (Wildman–Crippen LogP) is 6.57. The van der Waals surface area contributed by atoms with Crippen molar-refractivity contribution < 1.29 is 33.7 Å². The third-order valence-electron chi connectivity index (χ3n) is 5.87. The lowest BCUT2D eigenvalue weighted by atomic mass is 10.0. The van der Waals surface area contributed by atoms with Gasteiger partial charge < -0.3 is 34.9 Å². The Morgan fingerprint density at radius 2 is 1.35 bits per heavy atom. The Bertz CT molecular complexity index is 1110. The molecule has 0 atom stereocenters. The molecule has 0 aliphatic carbocycles. The number of carboxylic acid groups (broad SMARTS) is 1. The molecule has 0 saturated carbocycles. The maximum absolute atomic E-state index is 11.9. The van der Waals surface area contributed by atoms with Gasteiger partial charge in [-0.2, -0.15) is 0 Å². The van der Waals surface area contributed by atoms with E-state index in [4.69, 9.17) is 14.2 Å². The minimum atomic E-state index is -0.977. The fraction of sp³-hybridized carbons (Fsp3) is 0.633. The van der Waals surface area contributed by atoms with Crippen LogP contribution in [0.3, 0.4) is 0 Å². The van der Waals surface area contributed by atoms with E-state index < -0.39 is 29.4 Å². The van der Waals surface area contributed by atoms with Crippen LogP contribution >= 0.6 is 0 Å². The van der Waals surface area contributed by atoms with Crippen LogP contribution in [-0.4, -0.2) is 59.1 Å². The Balaban J connectivity index is 1.77. The summed E-state index contributed by atoms with van der Waals surface area (Å²) in [6, 6.07) is 5.60. The number of carboxylic acids is 1. The topological polar surface area (TPSA) is 139 Å². The number of benzene rings is 1. The molecule has 0 radical (unpaired) electrons. The van der Waals surface area contributed by atoms with Crippen LogP contribution in [0.1, 0.15) is 103 Å². The molecule has 10 nitrogen and oxygen atoms in total. The lowest BCUT2D eigenvalue weighted by molar-refractivity contribution is 0.0515. The number of fused-ring (bicyclic) bond motifs is 1. The van der Waals surface area contributed by atoms with E-state index in [9.17, 15) is 19.5 Å². The third-order valence-corrected chi connectivity index (χ3v) is 5.87. The highest BCUT2D eigenvalue weighted by molar-refractivity contribution is 5.97. The van der Waals surface area contributed by atoms with Crippen LogP contribution < -0.4 is 15.4 Å². The van der Waals surface area contributed by atoms with Crippen molar-refractivity contribution in [2.24, 2.45) is 0 Å². The Kier molecular flexibility index (Phi) is 12.6. The summed E-state index contributed by atoms with van der Waals surface area (Å²) in [7, 11) is 0. The van der Waals surface area contributed by atoms with Crippen molar-refractivity contribution in [1.29, 1.82) is 0 Å². The highest BCUT2D eigenvalue weighted by atomic mass is 16.6. The lowest BCUT2D eigenvalue weighted by Gasteiger charge is -2.19. The van der Waals surface area contributed by atoms with Crippen molar-refractivity contribution in [1.82, 2.24) is 15.6 Å². The van der Waals surface area contributed by atoms with Gasteiger partial charge in [0, 0.05) is 24.0 Å². The number of H-pyrrole nitrogens is 1. The Morgan fingerprint density at radius 3 is 1.90 bits per heavy atom. The molecule has 0 fully saturated rings. The summed E-state index contributed by atoms with van der Waals surface area (Å²) in [4.78, 5) is 38.3. The quantitative estimate of drug-likeness (QED) is 0.180. The second-order valence-corrected chi connectivity index (χ2v) is 11.9. The fourth-order valence-electron chi connectivity index (χ4n) is 4.14. The molecule has 0 spiro atoms. The van der Waals surface area contributed by atoms with Crippen LogP contribution in [0.2, 0.25) is 0 Å². The average molecular weight is 562 g/mol. The fourth-order valence-corrected chi connectivity index (χ4v) is 4.14. The second-order valence-electron chi connectivity index (χ2n) is 11.9. The summed E-state index contributed by atoms with van der Waals surface area (Å²) in [6.45, 7) is 12.6. The Morgan fingerprint density at radius 1 is 0.800 bits per heavy atom. The first kappa shape index (κ1) is 32.8. The summed E-state index contributed by atoms with van der Waals surface area (Å²) in [5, 5.41) is 16.1. The monoisotopic (exact) mass is 561 g/mol. The number of ether oxygens (including phenoxy) is 3. The smallest absolute Gasteiger partial charge is 0.407 e. The van der Waals surface area contributed by atoms with Gasteiger partial charge in [-0.05, 0) is 104 Å². The zero-order valence-electron chi connectivity index (χ0n) is 24.9. The number of hydrogen-bond donors (Lipinski definition) is 4. The number of hydrogen-bond acceptors (Lipinski definition) is 6. The van der Waals surface area contributed by atoms with Crippen molar-refractivity contribution in [2.75, 3.05) is 19.7 Å². The van der Waals surface area contributed by atoms with Gasteiger partial charge >= 0.3 is 18.2 Å². The maximum atomic E-state index is 11.9. The van der Waals surface area contributed by atoms with Gasteiger partial charge in [0.2, 0.25) is 0 Å². The molecule has 40 heavy (non-hydrogen) atoms. The van der Waals surface area contributed by atoms with E-state index in [1.165, 1.54) is 0 Å².